The average molecular weight is 249 g/mol. The Hall–Kier alpha value is -1.81. The van der Waals surface area contributed by atoms with Crippen molar-refractivity contribution in [2.45, 2.75) is 19.4 Å². The molecule has 0 bridgehead atoms. The molecule has 0 fully saturated rings. The fourth-order valence-electron chi connectivity index (χ4n) is 1.52. The van der Waals surface area contributed by atoms with Gasteiger partial charge in [-0.15, -0.1) is 0 Å². The molecule has 0 saturated heterocycles. The van der Waals surface area contributed by atoms with E-state index in [1.165, 1.54) is 0 Å². The summed E-state index contributed by atoms with van der Waals surface area (Å²) < 4.78 is 5.17. The van der Waals surface area contributed by atoms with Crippen LogP contribution in [0.2, 0.25) is 0 Å². The van der Waals surface area contributed by atoms with Crippen LogP contribution in [0.3, 0.4) is 0 Å². The normalized spacial score (nSPS) is 11.1. The van der Waals surface area contributed by atoms with Crippen LogP contribution in [0.4, 0.5) is 0 Å². The van der Waals surface area contributed by atoms with Crippen molar-refractivity contribution in [2.75, 3.05) is 13.7 Å². The summed E-state index contributed by atoms with van der Waals surface area (Å²) in [5.41, 5.74) is 0.818. The van der Waals surface area contributed by atoms with Crippen molar-refractivity contribution in [1.82, 2.24) is 5.32 Å². The van der Waals surface area contributed by atoms with Crippen molar-refractivity contribution in [3.8, 4) is 5.75 Å². The third kappa shape index (κ3) is 3.60. The Labute approximate surface area is 107 Å². The maximum atomic E-state index is 10.7. The lowest BCUT2D eigenvalue weighted by Gasteiger charge is -2.27. The second kappa shape index (κ2) is 5.69. The molecular formula is C14H19NO3. The zero-order valence-corrected chi connectivity index (χ0v) is 11.0. The number of rotatable bonds is 6. The fourth-order valence-corrected chi connectivity index (χ4v) is 1.52. The lowest BCUT2D eigenvalue weighted by atomic mass is 9.94. The molecule has 4 heteroatoms. The van der Waals surface area contributed by atoms with Crippen LogP contribution in [0.1, 0.15) is 19.4 Å². The minimum Gasteiger partial charge on any atom is -0.497 e. The molecule has 1 rings (SSSR count). The first kappa shape index (κ1) is 14.3. The maximum Gasteiger partial charge on any atom is 0.332 e. The van der Waals surface area contributed by atoms with Gasteiger partial charge in [0.05, 0.1) is 7.11 Å². The third-order valence-electron chi connectivity index (χ3n) is 2.84. The van der Waals surface area contributed by atoms with Crippen molar-refractivity contribution in [2.24, 2.45) is 0 Å². The van der Waals surface area contributed by atoms with Gasteiger partial charge in [0.2, 0.25) is 0 Å². The quantitative estimate of drug-likeness (QED) is 0.758. The SMILES string of the molecule is C=C(CNC(C)(C)c1cccc(OC)c1)C(=O)O. The van der Waals surface area contributed by atoms with E-state index in [1.54, 1.807) is 7.11 Å². The number of nitrogens with one attached hydrogen (secondary N) is 1. The number of carboxylic acid groups (broad SMARTS) is 1. The van der Waals surface area contributed by atoms with Gasteiger partial charge >= 0.3 is 5.97 Å². The zero-order chi connectivity index (χ0) is 13.8. The lowest BCUT2D eigenvalue weighted by Crippen LogP contribution is -2.38. The standard InChI is InChI=1S/C14H19NO3/c1-10(13(16)17)9-15-14(2,3)11-6-5-7-12(8-11)18-4/h5-8,15H,1,9H2,2-4H3,(H,16,17). The molecule has 0 aromatic heterocycles. The highest BCUT2D eigenvalue weighted by Crippen LogP contribution is 2.24. The zero-order valence-electron chi connectivity index (χ0n) is 11.0. The minimum atomic E-state index is -0.982. The van der Waals surface area contributed by atoms with E-state index in [0.717, 1.165) is 11.3 Å². The molecule has 0 aliphatic rings. The van der Waals surface area contributed by atoms with Gasteiger partial charge in [-0.05, 0) is 31.5 Å². The topological polar surface area (TPSA) is 58.6 Å². The van der Waals surface area contributed by atoms with Crippen LogP contribution in [0.15, 0.2) is 36.4 Å². The Morgan fingerprint density at radius 3 is 2.72 bits per heavy atom. The Morgan fingerprint density at radius 1 is 1.50 bits per heavy atom. The van der Waals surface area contributed by atoms with E-state index in [1.807, 2.05) is 38.1 Å². The fraction of sp³-hybridized carbons (Fsp3) is 0.357. The monoisotopic (exact) mass is 249 g/mol. The van der Waals surface area contributed by atoms with Gasteiger partial charge in [-0.3, -0.25) is 0 Å². The van der Waals surface area contributed by atoms with Gasteiger partial charge < -0.3 is 15.2 Å². The second-order valence-electron chi connectivity index (χ2n) is 4.62. The predicted octanol–water partition coefficient (Wildman–Crippen LogP) is 2.16. The van der Waals surface area contributed by atoms with Gasteiger partial charge in [0.25, 0.3) is 0 Å². The summed E-state index contributed by atoms with van der Waals surface area (Å²) in [4.78, 5) is 10.7. The highest BCUT2D eigenvalue weighted by molar-refractivity contribution is 5.86. The molecule has 0 saturated carbocycles. The van der Waals surface area contributed by atoms with Crippen LogP contribution in [0.25, 0.3) is 0 Å². The molecule has 0 aliphatic heterocycles. The predicted molar refractivity (Wildman–Crippen MR) is 70.8 cm³/mol. The maximum absolute atomic E-state index is 10.7. The Balaban J connectivity index is 2.78. The number of carboxylic acids is 1. The van der Waals surface area contributed by atoms with Gasteiger partial charge in [0.1, 0.15) is 5.75 Å². The van der Waals surface area contributed by atoms with Crippen molar-refractivity contribution in [3.05, 3.63) is 42.0 Å². The number of ether oxygens (including phenoxy) is 1. The molecule has 4 nitrogen and oxygen atoms in total. The van der Waals surface area contributed by atoms with E-state index in [2.05, 4.69) is 11.9 Å². The summed E-state index contributed by atoms with van der Waals surface area (Å²) in [6, 6.07) is 7.68. The number of hydrogen-bond donors (Lipinski definition) is 2. The number of carbonyl (C=O) groups is 1. The van der Waals surface area contributed by atoms with Crippen molar-refractivity contribution in [3.63, 3.8) is 0 Å². The van der Waals surface area contributed by atoms with Crippen LogP contribution in [-0.4, -0.2) is 24.7 Å². The number of methoxy groups -OCH3 is 1. The molecule has 1 aromatic rings. The molecule has 2 N–H and O–H groups in total. The first-order valence-electron chi connectivity index (χ1n) is 5.67. The summed E-state index contributed by atoms with van der Waals surface area (Å²) in [5, 5.41) is 11.9. The number of benzene rings is 1. The van der Waals surface area contributed by atoms with Gasteiger partial charge in [0, 0.05) is 17.7 Å². The first-order chi connectivity index (χ1) is 8.36. The summed E-state index contributed by atoms with van der Waals surface area (Å²) in [5.74, 6) is -0.205. The van der Waals surface area contributed by atoms with Crippen molar-refractivity contribution < 1.29 is 14.6 Å². The van der Waals surface area contributed by atoms with Gasteiger partial charge in [-0.1, -0.05) is 18.7 Å². The molecule has 0 heterocycles. The summed E-state index contributed by atoms with van der Waals surface area (Å²) in [6.07, 6.45) is 0. The Kier molecular flexibility index (Phi) is 4.50. The van der Waals surface area contributed by atoms with E-state index in [4.69, 9.17) is 9.84 Å². The van der Waals surface area contributed by atoms with Crippen molar-refractivity contribution in [1.29, 1.82) is 0 Å². The molecule has 0 unspecified atom stereocenters. The summed E-state index contributed by atoms with van der Waals surface area (Å²) >= 11 is 0. The van der Waals surface area contributed by atoms with Crippen molar-refractivity contribution >= 4 is 5.97 Å². The molecule has 18 heavy (non-hydrogen) atoms. The van der Waals surface area contributed by atoms with Gasteiger partial charge in [0.15, 0.2) is 0 Å². The van der Waals surface area contributed by atoms with Gasteiger partial charge in [-0.25, -0.2) is 4.79 Å². The van der Waals surface area contributed by atoms with Crippen LogP contribution in [0.5, 0.6) is 5.75 Å². The lowest BCUT2D eigenvalue weighted by molar-refractivity contribution is -0.132. The highest BCUT2D eigenvalue weighted by Gasteiger charge is 2.21. The summed E-state index contributed by atoms with van der Waals surface area (Å²) in [7, 11) is 1.62. The molecule has 0 aliphatic carbocycles. The van der Waals surface area contributed by atoms with E-state index >= 15 is 0 Å². The molecule has 1 aromatic carbocycles. The Morgan fingerprint density at radius 2 is 2.17 bits per heavy atom. The molecule has 0 radical (unpaired) electrons. The number of aliphatic carboxylic acids is 1. The van der Waals surface area contributed by atoms with Crippen LogP contribution < -0.4 is 10.1 Å². The van der Waals surface area contributed by atoms with Crippen LogP contribution in [0, 0.1) is 0 Å². The van der Waals surface area contributed by atoms with Gasteiger partial charge in [-0.2, -0.15) is 0 Å². The molecular weight excluding hydrogens is 230 g/mol. The highest BCUT2D eigenvalue weighted by atomic mass is 16.5. The minimum absolute atomic E-state index is 0.144. The van der Waals surface area contributed by atoms with Crippen LogP contribution in [-0.2, 0) is 10.3 Å². The first-order valence-corrected chi connectivity index (χ1v) is 5.67. The third-order valence-corrected chi connectivity index (χ3v) is 2.84. The smallest absolute Gasteiger partial charge is 0.332 e. The Bertz CT molecular complexity index is 452. The summed E-state index contributed by atoms with van der Waals surface area (Å²) in [6.45, 7) is 7.70. The second-order valence-corrected chi connectivity index (χ2v) is 4.62. The molecule has 0 atom stereocenters. The molecule has 0 spiro atoms. The van der Waals surface area contributed by atoms with E-state index in [9.17, 15) is 4.79 Å². The number of hydrogen-bond acceptors (Lipinski definition) is 3. The van der Waals surface area contributed by atoms with E-state index < -0.39 is 5.97 Å². The molecule has 0 amide bonds. The van der Waals surface area contributed by atoms with E-state index in [0.29, 0.717) is 0 Å². The molecule has 98 valence electrons. The largest absolute Gasteiger partial charge is 0.497 e. The van der Waals surface area contributed by atoms with E-state index in [-0.39, 0.29) is 17.7 Å². The van der Waals surface area contributed by atoms with Crippen LogP contribution >= 0.6 is 0 Å². The average Bonchev–Trinajstić information content (AvgIpc) is 2.36.